The molecule has 53 heavy (non-hydrogen) atoms. The number of hydrogen-bond acceptors (Lipinski definition) is 12. The van der Waals surface area contributed by atoms with Crippen molar-refractivity contribution in [3.05, 3.63) is 29.3 Å². The van der Waals surface area contributed by atoms with Gasteiger partial charge in [-0.05, 0) is 62.3 Å². The summed E-state index contributed by atoms with van der Waals surface area (Å²) >= 11 is 0. The van der Waals surface area contributed by atoms with E-state index in [-0.39, 0.29) is 28.7 Å². The number of nitrogens with two attached hydrogens (primary N) is 2. The van der Waals surface area contributed by atoms with Gasteiger partial charge in [-0.15, -0.1) is 0 Å². The molecular weight excluding hydrogens is 732 g/mol. The normalized spacial score (nSPS) is 12.8. The van der Waals surface area contributed by atoms with Gasteiger partial charge in [-0.1, -0.05) is 27.7 Å². The molecule has 0 aromatic heterocycles. The molecule has 0 bridgehead atoms. The number of methoxy groups -OCH3 is 2. The lowest BCUT2D eigenvalue weighted by atomic mass is 10.00. The van der Waals surface area contributed by atoms with E-state index >= 15 is 0 Å². The maximum atomic E-state index is 13.3. The molecule has 3 atom stereocenters. The second-order valence-electron chi connectivity index (χ2n) is 11.7. The van der Waals surface area contributed by atoms with Crippen LogP contribution in [0.15, 0.2) is 18.2 Å². The average Bonchev–Trinajstić information content (AvgIpc) is 3.05. The lowest BCUT2D eigenvalue weighted by molar-refractivity contribution is -0.193. The first-order valence-corrected chi connectivity index (χ1v) is 15.5. The highest BCUT2D eigenvalue weighted by Gasteiger charge is 2.39. The van der Waals surface area contributed by atoms with Crippen molar-refractivity contribution in [3.8, 4) is 0 Å². The number of rotatable bonds is 15. The number of amides is 3. The first kappa shape index (κ1) is 50.1. The van der Waals surface area contributed by atoms with Gasteiger partial charge in [0.2, 0.25) is 17.7 Å². The minimum Gasteiger partial charge on any atom is -0.475 e. The summed E-state index contributed by atoms with van der Waals surface area (Å²) < 4.78 is 73.0. The van der Waals surface area contributed by atoms with E-state index in [1.807, 2.05) is 13.8 Å². The molecule has 0 saturated heterocycles. The van der Waals surface area contributed by atoms with E-state index in [1.165, 1.54) is 32.4 Å². The van der Waals surface area contributed by atoms with E-state index in [0.29, 0.717) is 32.2 Å². The third kappa shape index (κ3) is 20.6. The van der Waals surface area contributed by atoms with Crippen molar-refractivity contribution >= 4 is 47.3 Å². The smallest absolute Gasteiger partial charge is 0.475 e. The summed E-state index contributed by atoms with van der Waals surface area (Å²) in [6, 6.07) is 1.48. The van der Waals surface area contributed by atoms with Crippen LogP contribution < -0.4 is 27.4 Å². The van der Waals surface area contributed by atoms with Gasteiger partial charge in [0.05, 0.1) is 31.4 Å². The van der Waals surface area contributed by atoms with Crippen LogP contribution in [-0.2, 0) is 33.4 Å². The number of carbonyl (C=O) groups excluding carboxylic acids is 5. The number of esters is 2. The van der Waals surface area contributed by atoms with Crippen LogP contribution >= 0.6 is 0 Å². The molecule has 0 heterocycles. The fraction of sp³-hybridized carbons (Fsp3) is 0.581. The van der Waals surface area contributed by atoms with E-state index in [4.69, 9.17) is 40.7 Å². The number of aliphatic carboxylic acids is 2. The summed E-state index contributed by atoms with van der Waals surface area (Å²) in [5.41, 5.74) is 12.0. The van der Waals surface area contributed by atoms with Crippen LogP contribution in [0.2, 0.25) is 0 Å². The number of alkyl halides is 6. The van der Waals surface area contributed by atoms with Crippen molar-refractivity contribution < 1.29 is 79.6 Å². The van der Waals surface area contributed by atoms with Crippen LogP contribution in [0.4, 0.5) is 32.0 Å². The van der Waals surface area contributed by atoms with Crippen LogP contribution in [0, 0.1) is 11.8 Å². The van der Waals surface area contributed by atoms with Crippen molar-refractivity contribution in [2.24, 2.45) is 23.3 Å². The van der Waals surface area contributed by atoms with Crippen LogP contribution in [-0.4, -0.2) is 103 Å². The Hall–Kier alpha value is -4.99. The van der Waals surface area contributed by atoms with Gasteiger partial charge in [-0.2, -0.15) is 26.3 Å². The molecule has 0 aliphatic rings. The molecule has 0 unspecified atom stereocenters. The predicted octanol–water partition coefficient (Wildman–Crippen LogP) is 2.59. The number of carboxylic acid groups (broad SMARTS) is 2. The third-order valence-electron chi connectivity index (χ3n) is 6.47. The average molecular weight is 778 g/mol. The fourth-order valence-corrected chi connectivity index (χ4v) is 3.71. The topological polar surface area (TPSA) is 267 Å². The van der Waals surface area contributed by atoms with Crippen molar-refractivity contribution in [1.29, 1.82) is 0 Å². The third-order valence-corrected chi connectivity index (χ3v) is 6.47. The molecular formula is C31H45F6N5O11. The van der Waals surface area contributed by atoms with E-state index in [1.54, 1.807) is 13.8 Å². The first-order valence-electron chi connectivity index (χ1n) is 15.5. The van der Waals surface area contributed by atoms with Crippen molar-refractivity contribution in [3.63, 3.8) is 0 Å². The zero-order chi connectivity index (χ0) is 41.9. The molecule has 0 saturated carbocycles. The number of anilines is 1. The first-order chi connectivity index (χ1) is 24.2. The van der Waals surface area contributed by atoms with Crippen molar-refractivity contribution in [2.45, 2.75) is 83.9 Å². The Bertz CT molecular complexity index is 1350. The molecule has 1 aromatic carbocycles. The van der Waals surface area contributed by atoms with Crippen LogP contribution in [0.25, 0.3) is 0 Å². The van der Waals surface area contributed by atoms with Crippen LogP contribution in [0.3, 0.4) is 0 Å². The number of benzene rings is 1. The second kappa shape index (κ2) is 23.5. The van der Waals surface area contributed by atoms with E-state index in [9.17, 15) is 50.3 Å². The standard InChI is InChI=1S/C27H43N5O7.2C2HF3O2/c1-15(2)11-21(31-25(35)22(29)16(3)4)24(34)32-23(33)20(9-7-8-10-28)30-19-13-17(26(36)38-5)12-18(14-19)27(37)39-6;2*3-2(4,5)1(6)7/h12-16,20-22,30H,7-11,28-29H2,1-6H3,(H,31,35)(H,32,33,34);2*(H,6,7)/t20-,21-,22+;;/m0../s1. The Kier molecular flexibility index (Phi) is 22.3. The minimum absolute atomic E-state index is 0.0442. The molecule has 1 rings (SSSR count). The Morgan fingerprint density at radius 1 is 0.736 bits per heavy atom. The fourth-order valence-electron chi connectivity index (χ4n) is 3.71. The molecule has 22 heteroatoms. The number of hydrogen-bond donors (Lipinski definition) is 7. The van der Waals surface area contributed by atoms with Gasteiger partial charge in [0.1, 0.15) is 12.1 Å². The Balaban J connectivity index is 0. The maximum Gasteiger partial charge on any atom is 0.490 e. The molecule has 3 amide bonds. The number of carboxylic acids is 2. The zero-order valence-electron chi connectivity index (χ0n) is 29.6. The monoisotopic (exact) mass is 777 g/mol. The van der Waals surface area contributed by atoms with Gasteiger partial charge < -0.3 is 41.8 Å². The van der Waals surface area contributed by atoms with Gasteiger partial charge in [0, 0.05) is 5.69 Å². The highest BCUT2D eigenvalue weighted by atomic mass is 19.4. The minimum atomic E-state index is -5.08. The summed E-state index contributed by atoms with van der Waals surface area (Å²) in [7, 11) is 2.41. The van der Waals surface area contributed by atoms with Crippen molar-refractivity contribution in [1.82, 2.24) is 10.6 Å². The van der Waals surface area contributed by atoms with Crippen LogP contribution in [0.1, 0.15) is 74.1 Å². The summed E-state index contributed by atoms with van der Waals surface area (Å²) in [4.78, 5) is 81.0. The number of nitrogens with one attached hydrogen (secondary N) is 3. The summed E-state index contributed by atoms with van der Waals surface area (Å²) in [6.07, 6.45) is -8.38. The quantitative estimate of drug-likeness (QED) is 0.0767. The number of ether oxygens (including phenoxy) is 2. The van der Waals surface area contributed by atoms with Crippen LogP contribution in [0.5, 0.6) is 0 Å². The number of imide groups is 1. The molecule has 0 fully saturated rings. The second-order valence-corrected chi connectivity index (χ2v) is 11.7. The molecule has 9 N–H and O–H groups in total. The molecule has 302 valence electrons. The molecule has 0 spiro atoms. The summed E-state index contributed by atoms with van der Waals surface area (Å²) in [5.74, 6) is -8.77. The number of carbonyl (C=O) groups is 7. The lowest BCUT2D eigenvalue weighted by Crippen LogP contribution is -2.55. The Morgan fingerprint density at radius 3 is 1.49 bits per heavy atom. The number of unbranched alkanes of at least 4 members (excludes halogenated alkanes) is 1. The van der Waals surface area contributed by atoms with Crippen molar-refractivity contribution in [2.75, 3.05) is 26.1 Å². The Labute approximate surface area is 300 Å². The van der Waals surface area contributed by atoms with Gasteiger partial charge in [-0.3, -0.25) is 19.7 Å². The highest BCUT2D eigenvalue weighted by molar-refractivity contribution is 6.03. The molecule has 0 aliphatic carbocycles. The molecule has 16 nitrogen and oxygen atoms in total. The SMILES string of the molecule is COC(=O)c1cc(N[C@@H](CCCCN)C(=O)NC(=O)[C@H](CC(C)C)NC(=O)[C@H](N)C(C)C)cc(C(=O)OC)c1.O=C(O)C(F)(F)F.O=C(O)C(F)(F)F. The zero-order valence-corrected chi connectivity index (χ0v) is 29.6. The molecule has 0 aliphatic heterocycles. The van der Waals surface area contributed by atoms with Gasteiger partial charge in [-0.25, -0.2) is 19.2 Å². The summed E-state index contributed by atoms with van der Waals surface area (Å²) in [6.45, 7) is 7.78. The van der Waals surface area contributed by atoms with Gasteiger partial charge >= 0.3 is 36.2 Å². The maximum absolute atomic E-state index is 13.3. The van der Waals surface area contributed by atoms with E-state index in [2.05, 4.69) is 16.0 Å². The Morgan fingerprint density at radius 2 is 1.15 bits per heavy atom. The lowest BCUT2D eigenvalue weighted by Gasteiger charge is -2.25. The van der Waals surface area contributed by atoms with Gasteiger partial charge in [0.15, 0.2) is 0 Å². The van der Waals surface area contributed by atoms with E-state index in [0.717, 1.165) is 0 Å². The number of halogens is 6. The van der Waals surface area contributed by atoms with Gasteiger partial charge in [0.25, 0.3) is 0 Å². The van der Waals surface area contributed by atoms with E-state index < -0.39 is 72.1 Å². The predicted molar refractivity (Wildman–Crippen MR) is 174 cm³/mol. The molecule has 1 aromatic rings. The molecule has 0 radical (unpaired) electrons. The highest BCUT2D eigenvalue weighted by Crippen LogP contribution is 2.20. The largest absolute Gasteiger partial charge is 0.490 e. The summed E-state index contributed by atoms with van der Waals surface area (Å²) in [5, 5.41) is 22.3.